The van der Waals surface area contributed by atoms with Crippen molar-refractivity contribution < 1.29 is 9.59 Å². The maximum Gasteiger partial charge on any atom is 0.246 e. The fourth-order valence-corrected chi connectivity index (χ4v) is 2.19. The van der Waals surface area contributed by atoms with Gasteiger partial charge in [0.15, 0.2) is 5.15 Å². The van der Waals surface area contributed by atoms with Gasteiger partial charge < -0.3 is 16.0 Å². The Hall–Kier alpha value is -2.60. The predicted molar refractivity (Wildman–Crippen MR) is 95.2 cm³/mol. The smallest absolute Gasteiger partial charge is 0.246 e. The average Bonchev–Trinajstić information content (AvgIpc) is 2.58. The SMILES string of the molecule is CNC(=O)Cc1ccc(NC(C)C(=O)Nc2cccnc2Cl)cc1. The zero-order valence-electron chi connectivity index (χ0n) is 13.5. The van der Waals surface area contributed by atoms with Crippen molar-refractivity contribution in [1.82, 2.24) is 10.3 Å². The standard InChI is InChI=1S/C17H19ClN4O2/c1-11(17(24)22-14-4-3-9-20-16(14)18)21-13-7-5-12(6-8-13)10-15(23)19-2/h3-9,11,21H,10H2,1-2H3,(H,19,23)(H,22,24). The quantitative estimate of drug-likeness (QED) is 0.702. The van der Waals surface area contributed by atoms with E-state index in [2.05, 4.69) is 20.9 Å². The molecule has 7 heteroatoms. The summed E-state index contributed by atoms with van der Waals surface area (Å²) in [7, 11) is 1.60. The second-order valence-electron chi connectivity index (χ2n) is 5.24. The van der Waals surface area contributed by atoms with E-state index in [4.69, 9.17) is 11.6 Å². The average molecular weight is 347 g/mol. The zero-order valence-corrected chi connectivity index (χ0v) is 14.2. The van der Waals surface area contributed by atoms with E-state index in [1.807, 2.05) is 24.3 Å². The minimum Gasteiger partial charge on any atom is -0.374 e. The molecule has 0 fully saturated rings. The minimum absolute atomic E-state index is 0.0446. The normalized spacial score (nSPS) is 11.5. The van der Waals surface area contributed by atoms with Crippen LogP contribution in [0.4, 0.5) is 11.4 Å². The van der Waals surface area contributed by atoms with Crippen molar-refractivity contribution in [3.05, 3.63) is 53.3 Å². The molecule has 0 bridgehead atoms. The third-order valence-electron chi connectivity index (χ3n) is 3.39. The molecule has 2 aromatic rings. The fourth-order valence-electron chi connectivity index (χ4n) is 2.03. The van der Waals surface area contributed by atoms with E-state index in [0.29, 0.717) is 12.1 Å². The zero-order chi connectivity index (χ0) is 17.5. The van der Waals surface area contributed by atoms with Gasteiger partial charge >= 0.3 is 0 Å². The van der Waals surface area contributed by atoms with Crippen molar-refractivity contribution in [2.75, 3.05) is 17.7 Å². The van der Waals surface area contributed by atoms with Crippen LogP contribution in [0.25, 0.3) is 0 Å². The number of nitrogens with zero attached hydrogens (tertiary/aromatic N) is 1. The van der Waals surface area contributed by atoms with Crippen molar-refractivity contribution in [3.8, 4) is 0 Å². The summed E-state index contributed by atoms with van der Waals surface area (Å²) in [6, 6.07) is 10.3. The summed E-state index contributed by atoms with van der Waals surface area (Å²) in [5, 5.41) is 8.65. The molecule has 1 aromatic heterocycles. The highest BCUT2D eigenvalue weighted by atomic mass is 35.5. The van der Waals surface area contributed by atoms with Gasteiger partial charge in [-0.25, -0.2) is 4.98 Å². The summed E-state index contributed by atoms with van der Waals surface area (Å²) in [6.45, 7) is 1.75. The molecule has 0 aliphatic carbocycles. The molecule has 0 aliphatic heterocycles. The molecule has 0 saturated heterocycles. The molecule has 126 valence electrons. The molecule has 3 N–H and O–H groups in total. The van der Waals surface area contributed by atoms with Crippen LogP contribution in [0.5, 0.6) is 0 Å². The van der Waals surface area contributed by atoms with Crippen molar-refractivity contribution >= 4 is 34.8 Å². The topological polar surface area (TPSA) is 83.1 Å². The van der Waals surface area contributed by atoms with Crippen LogP contribution in [-0.2, 0) is 16.0 Å². The van der Waals surface area contributed by atoms with Crippen molar-refractivity contribution in [2.24, 2.45) is 0 Å². The lowest BCUT2D eigenvalue weighted by Gasteiger charge is -2.16. The summed E-state index contributed by atoms with van der Waals surface area (Å²) < 4.78 is 0. The first kappa shape index (κ1) is 17.7. The van der Waals surface area contributed by atoms with Crippen molar-refractivity contribution in [2.45, 2.75) is 19.4 Å². The molecule has 0 radical (unpaired) electrons. The van der Waals surface area contributed by atoms with Crippen LogP contribution in [0.3, 0.4) is 0 Å². The number of nitrogens with one attached hydrogen (secondary N) is 3. The van der Waals surface area contributed by atoms with Gasteiger partial charge in [0.2, 0.25) is 11.8 Å². The Kier molecular flexibility index (Phi) is 6.14. The number of carbonyl (C=O) groups excluding carboxylic acids is 2. The number of hydrogen-bond donors (Lipinski definition) is 3. The molecule has 1 atom stereocenters. The Bertz CT molecular complexity index is 719. The second-order valence-corrected chi connectivity index (χ2v) is 5.60. The number of rotatable bonds is 6. The van der Waals surface area contributed by atoms with E-state index in [1.165, 1.54) is 0 Å². The van der Waals surface area contributed by atoms with E-state index >= 15 is 0 Å². The van der Waals surface area contributed by atoms with Gasteiger partial charge in [-0.2, -0.15) is 0 Å². The Morgan fingerprint density at radius 1 is 1.21 bits per heavy atom. The molecule has 0 saturated carbocycles. The number of aromatic nitrogens is 1. The van der Waals surface area contributed by atoms with E-state index in [9.17, 15) is 9.59 Å². The lowest BCUT2D eigenvalue weighted by atomic mass is 10.1. The number of amides is 2. The third-order valence-corrected chi connectivity index (χ3v) is 3.69. The van der Waals surface area contributed by atoms with Gasteiger partial charge in [-0.15, -0.1) is 0 Å². The lowest BCUT2D eigenvalue weighted by Crippen LogP contribution is -2.32. The molecule has 24 heavy (non-hydrogen) atoms. The highest BCUT2D eigenvalue weighted by molar-refractivity contribution is 6.32. The number of halogens is 1. The van der Waals surface area contributed by atoms with Gasteiger partial charge in [-0.3, -0.25) is 9.59 Å². The molecular formula is C17H19ClN4O2. The van der Waals surface area contributed by atoms with E-state index in [1.54, 1.807) is 32.3 Å². The molecule has 2 rings (SSSR count). The Labute approximate surface area is 145 Å². The predicted octanol–water partition coefficient (Wildman–Crippen LogP) is 2.46. The van der Waals surface area contributed by atoms with Gasteiger partial charge in [-0.1, -0.05) is 23.7 Å². The molecular weight excluding hydrogens is 328 g/mol. The molecule has 1 heterocycles. The second kappa shape index (κ2) is 8.31. The summed E-state index contributed by atoms with van der Waals surface area (Å²) in [5.74, 6) is -0.267. The number of carbonyl (C=O) groups is 2. The van der Waals surface area contributed by atoms with Crippen LogP contribution in [-0.4, -0.2) is 29.9 Å². The first-order chi connectivity index (χ1) is 11.5. The molecule has 1 unspecified atom stereocenters. The Morgan fingerprint density at radius 3 is 2.54 bits per heavy atom. The number of hydrogen-bond acceptors (Lipinski definition) is 4. The minimum atomic E-state index is -0.467. The number of pyridine rings is 1. The monoisotopic (exact) mass is 346 g/mol. The number of benzene rings is 1. The molecule has 0 aliphatic rings. The summed E-state index contributed by atoms with van der Waals surface area (Å²) >= 11 is 5.93. The van der Waals surface area contributed by atoms with Crippen molar-refractivity contribution in [3.63, 3.8) is 0 Å². The molecule has 0 spiro atoms. The highest BCUT2D eigenvalue weighted by Gasteiger charge is 2.14. The van der Waals surface area contributed by atoms with Crippen LogP contribution in [0.1, 0.15) is 12.5 Å². The first-order valence-electron chi connectivity index (χ1n) is 7.47. The number of anilines is 2. The summed E-state index contributed by atoms with van der Waals surface area (Å²) in [4.78, 5) is 27.5. The van der Waals surface area contributed by atoms with Crippen LogP contribution in [0.2, 0.25) is 5.15 Å². The van der Waals surface area contributed by atoms with E-state index in [0.717, 1.165) is 11.3 Å². The molecule has 1 aromatic carbocycles. The Balaban J connectivity index is 1.94. The fraction of sp³-hybridized carbons (Fsp3) is 0.235. The maximum atomic E-state index is 12.2. The highest BCUT2D eigenvalue weighted by Crippen LogP contribution is 2.18. The van der Waals surface area contributed by atoms with Gasteiger partial charge in [0.05, 0.1) is 12.1 Å². The van der Waals surface area contributed by atoms with Gasteiger partial charge in [-0.05, 0) is 36.8 Å². The number of likely N-dealkylation sites (N-methyl/N-ethyl adjacent to an activating group) is 1. The maximum absolute atomic E-state index is 12.2. The van der Waals surface area contributed by atoms with Crippen LogP contribution in [0, 0.1) is 0 Å². The van der Waals surface area contributed by atoms with Crippen LogP contribution in [0.15, 0.2) is 42.6 Å². The van der Waals surface area contributed by atoms with Gasteiger partial charge in [0.1, 0.15) is 6.04 Å². The molecule has 2 amide bonds. The molecule has 6 nitrogen and oxygen atoms in total. The van der Waals surface area contributed by atoms with E-state index < -0.39 is 6.04 Å². The summed E-state index contributed by atoms with van der Waals surface area (Å²) in [5.41, 5.74) is 2.16. The van der Waals surface area contributed by atoms with Gasteiger partial charge in [0.25, 0.3) is 0 Å². The van der Waals surface area contributed by atoms with Crippen LogP contribution < -0.4 is 16.0 Å². The van der Waals surface area contributed by atoms with Gasteiger partial charge in [0, 0.05) is 18.9 Å². The summed E-state index contributed by atoms with van der Waals surface area (Å²) in [6.07, 6.45) is 1.88. The third kappa shape index (κ3) is 4.96. The van der Waals surface area contributed by atoms with Crippen LogP contribution >= 0.6 is 11.6 Å². The van der Waals surface area contributed by atoms with Crippen molar-refractivity contribution in [1.29, 1.82) is 0 Å². The largest absolute Gasteiger partial charge is 0.374 e. The lowest BCUT2D eigenvalue weighted by molar-refractivity contribution is -0.120. The van der Waals surface area contributed by atoms with E-state index in [-0.39, 0.29) is 17.0 Å². The Morgan fingerprint density at radius 2 is 1.92 bits per heavy atom. The first-order valence-corrected chi connectivity index (χ1v) is 7.85.